The Bertz CT molecular complexity index is 443. The Morgan fingerprint density at radius 2 is 2.00 bits per heavy atom. The van der Waals surface area contributed by atoms with Crippen molar-refractivity contribution in [3.8, 4) is 0 Å². The number of hydrogen-bond acceptors (Lipinski definition) is 1. The summed E-state index contributed by atoms with van der Waals surface area (Å²) in [5.41, 5.74) is 2.79. The zero-order valence-corrected chi connectivity index (χ0v) is 14.8. The summed E-state index contributed by atoms with van der Waals surface area (Å²) in [4.78, 5) is 0. The van der Waals surface area contributed by atoms with Crippen LogP contribution in [0.15, 0.2) is 22.7 Å². The molecule has 0 heterocycles. The summed E-state index contributed by atoms with van der Waals surface area (Å²) in [6.45, 7) is 10.3. The van der Waals surface area contributed by atoms with Gasteiger partial charge in [-0.25, -0.2) is 0 Å². The van der Waals surface area contributed by atoms with Gasteiger partial charge >= 0.3 is 0 Å². The monoisotopic (exact) mass is 337 g/mol. The molecule has 1 nitrogen and oxygen atoms in total. The van der Waals surface area contributed by atoms with Crippen molar-refractivity contribution in [3.05, 3.63) is 33.8 Å². The summed E-state index contributed by atoms with van der Waals surface area (Å²) in [5, 5.41) is 3.74. The van der Waals surface area contributed by atoms with Gasteiger partial charge in [-0.1, -0.05) is 55.3 Å². The van der Waals surface area contributed by atoms with Crippen LogP contribution in [0.25, 0.3) is 0 Å². The molecule has 1 saturated carbocycles. The van der Waals surface area contributed by atoms with Crippen molar-refractivity contribution in [1.82, 2.24) is 5.32 Å². The molecule has 0 saturated heterocycles. The van der Waals surface area contributed by atoms with E-state index in [1.807, 2.05) is 0 Å². The average molecular weight is 338 g/mol. The van der Waals surface area contributed by atoms with E-state index in [9.17, 15) is 0 Å². The van der Waals surface area contributed by atoms with Gasteiger partial charge in [0.2, 0.25) is 0 Å². The summed E-state index contributed by atoms with van der Waals surface area (Å²) >= 11 is 3.61. The molecule has 4 atom stereocenters. The SMILES string of the molecule is CCNC(c1ccc(Br)c(C)c1)C1CCC(C)C(C)C1. The van der Waals surface area contributed by atoms with Gasteiger partial charge in [-0.05, 0) is 61.3 Å². The first-order valence-electron chi connectivity index (χ1n) is 8.02. The third kappa shape index (κ3) is 3.65. The van der Waals surface area contributed by atoms with E-state index in [1.165, 1.54) is 34.9 Å². The Morgan fingerprint density at radius 3 is 2.60 bits per heavy atom. The third-order valence-corrected chi connectivity index (χ3v) is 5.97. The van der Waals surface area contributed by atoms with E-state index in [0.717, 1.165) is 24.3 Å². The van der Waals surface area contributed by atoms with Crippen molar-refractivity contribution in [3.63, 3.8) is 0 Å². The topological polar surface area (TPSA) is 12.0 Å². The number of halogens is 1. The molecule has 0 aromatic heterocycles. The second kappa shape index (κ2) is 7.09. The molecule has 0 amide bonds. The predicted molar refractivity (Wildman–Crippen MR) is 91.0 cm³/mol. The molecule has 0 spiro atoms. The summed E-state index contributed by atoms with van der Waals surface area (Å²) in [7, 11) is 0. The van der Waals surface area contributed by atoms with Gasteiger partial charge in [-0.2, -0.15) is 0 Å². The highest BCUT2D eigenvalue weighted by Crippen LogP contribution is 2.40. The first-order chi connectivity index (χ1) is 9.52. The largest absolute Gasteiger partial charge is 0.310 e. The van der Waals surface area contributed by atoms with Crippen LogP contribution in [0.1, 0.15) is 57.2 Å². The Kier molecular flexibility index (Phi) is 5.68. The lowest BCUT2D eigenvalue weighted by molar-refractivity contribution is 0.172. The molecular formula is C18H28BrN. The number of benzene rings is 1. The standard InChI is InChI=1S/C18H28BrN/c1-5-20-18(15-7-6-12(2)13(3)10-15)16-8-9-17(19)14(4)11-16/h8-9,11-13,15,18,20H,5-7,10H2,1-4H3. The van der Waals surface area contributed by atoms with E-state index in [-0.39, 0.29) is 0 Å². The van der Waals surface area contributed by atoms with Crippen LogP contribution < -0.4 is 5.32 Å². The summed E-state index contributed by atoms with van der Waals surface area (Å²) < 4.78 is 1.21. The van der Waals surface area contributed by atoms with Crippen LogP contribution in [0.2, 0.25) is 0 Å². The summed E-state index contributed by atoms with van der Waals surface area (Å²) in [6.07, 6.45) is 4.09. The maximum absolute atomic E-state index is 3.74. The van der Waals surface area contributed by atoms with Gasteiger partial charge in [0.25, 0.3) is 0 Å². The van der Waals surface area contributed by atoms with E-state index in [4.69, 9.17) is 0 Å². The average Bonchev–Trinajstić information content (AvgIpc) is 2.43. The van der Waals surface area contributed by atoms with Crippen molar-refractivity contribution in [2.24, 2.45) is 17.8 Å². The molecule has 4 unspecified atom stereocenters. The molecule has 2 heteroatoms. The van der Waals surface area contributed by atoms with E-state index in [2.05, 4.69) is 67.1 Å². The number of hydrogen-bond donors (Lipinski definition) is 1. The minimum absolute atomic E-state index is 0.516. The minimum Gasteiger partial charge on any atom is -0.310 e. The van der Waals surface area contributed by atoms with E-state index in [0.29, 0.717) is 6.04 Å². The summed E-state index contributed by atoms with van der Waals surface area (Å²) in [5.74, 6) is 2.52. The van der Waals surface area contributed by atoms with Crippen LogP contribution in [0.4, 0.5) is 0 Å². The first kappa shape index (κ1) is 16.0. The molecule has 1 fully saturated rings. The second-order valence-electron chi connectivity index (χ2n) is 6.57. The van der Waals surface area contributed by atoms with Crippen LogP contribution in [0, 0.1) is 24.7 Å². The lowest BCUT2D eigenvalue weighted by Gasteiger charge is -2.37. The smallest absolute Gasteiger partial charge is 0.0348 e. The molecule has 1 N–H and O–H groups in total. The van der Waals surface area contributed by atoms with Gasteiger partial charge in [0.1, 0.15) is 0 Å². The highest BCUT2D eigenvalue weighted by atomic mass is 79.9. The highest BCUT2D eigenvalue weighted by Gasteiger charge is 2.30. The Morgan fingerprint density at radius 1 is 1.25 bits per heavy atom. The van der Waals surface area contributed by atoms with Crippen LogP contribution in [0.5, 0.6) is 0 Å². The highest BCUT2D eigenvalue weighted by molar-refractivity contribution is 9.10. The van der Waals surface area contributed by atoms with Crippen LogP contribution in [0.3, 0.4) is 0 Å². The second-order valence-corrected chi connectivity index (χ2v) is 7.43. The Hall–Kier alpha value is -0.340. The maximum atomic E-state index is 3.74. The number of aryl methyl sites for hydroxylation is 1. The number of rotatable bonds is 4. The molecule has 1 aromatic carbocycles. The quantitative estimate of drug-likeness (QED) is 0.766. The molecule has 0 aliphatic heterocycles. The lowest BCUT2D eigenvalue weighted by Crippen LogP contribution is -2.33. The molecule has 1 aromatic rings. The molecule has 0 radical (unpaired) electrons. The minimum atomic E-state index is 0.516. The first-order valence-corrected chi connectivity index (χ1v) is 8.81. The van der Waals surface area contributed by atoms with Crippen molar-refractivity contribution in [2.75, 3.05) is 6.54 Å². The summed E-state index contributed by atoms with van der Waals surface area (Å²) in [6, 6.07) is 7.35. The predicted octanol–water partition coefficient (Wildman–Crippen LogP) is 5.48. The van der Waals surface area contributed by atoms with Crippen molar-refractivity contribution in [1.29, 1.82) is 0 Å². The number of nitrogens with one attached hydrogen (secondary N) is 1. The van der Waals surface area contributed by atoms with Crippen LogP contribution in [-0.4, -0.2) is 6.54 Å². The van der Waals surface area contributed by atoms with Gasteiger partial charge in [-0.15, -0.1) is 0 Å². The van der Waals surface area contributed by atoms with Gasteiger partial charge in [0.05, 0.1) is 0 Å². The normalized spacial score (nSPS) is 28.4. The fourth-order valence-corrected chi connectivity index (χ4v) is 3.78. The third-order valence-electron chi connectivity index (χ3n) is 5.08. The zero-order valence-electron chi connectivity index (χ0n) is 13.2. The van der Waals surface area contributed by atoms with Crippen molar-refractivity contribution >= 4 is 15.9 Å². The fourth-order valence-electron chi connectivity index (χ4n) is 3.53. The van der Waals surface area contributed by atoms with Gasteiger partial charge in [0.15, 0.2) is 0 Å². The fraction of sp³-hybridized carbons (Fsp3) is 0.667. The molecule has 1 aliphatic rings. The zero-order chi connectivity index (χ0) is 14.7. The van der Waals surface area contributed by atoms with Crippen molar-refractivity contribution < 1.29 is 0 Å². The molecule has 1 aliphatic carbocycles. The molecule has 0 bridgehead atoms. The van der Waals surface area contributed by atoms with Crippen LogP contribution in [-0.2, 0) is 0 Å². The van der Waals surface area contributed by atoms with Gasteiger partial charge < -0.3 is 5.32 Å². The van der Waals surface area contributed by atoms with E-state index < -0.39 is 0 Å². The van der Waals surface area contributed by atoms with E-state index in [1.54, 1.807) is 0 Å². The molecule has 20 heavy (non-hydrogen) atoms. The van der Waals surface area contributed by atoms with Crippen LogP contribution >= 0.6 is 15.9 Å². The Labute approximate surface area is 132 Å². The lowest BCUT2D eigenvalue weighted by atomic mass is 9.72. The van der Waals surface area contributed by atoms with Gasteiger partial charge in [-0.3, -0.25) is 0 Å². The van der Waals surface area contributed by atoms with E-state index >= 15 is 0 Å². The molecular weight excluding hydrogens is 310 g/mol. The van der Waals surface area contributed by atoms with Crippen molar-refractivity contribution in [2.45, 2.75) is 53.0 Å². The Balaban J connectivity index is 2.19. The van der Waals surface area contributed by atoms with Gasteiger partial charge in [0, 0.05) is 10.5 Å². The maximum Gasteiger partial charge on any atom is 0.0348 e. The molecule has 2 rings (SSSR count). The molecule has 112 valence electrons.